The Hall–Kier alpha value is -1.73. The van der Waals surface area contributed by atoms with Gasteiger partial charge in [-0.2, -0.15) is 5.10 Å². The predicted molar refractivity (Wildman–Crippen MR) is 79.5 cm³/mol. The zero-order chi connectivity index (χ0) is 14.7. The lowest BCUT2D eigenvalue weighted by atomic mass is 10.0. The third-order valence-corrected chi connectivity index (χ3v) is 4.57. The predicted octanol–water partition coefficient (Wildman–Crippen LogP) is 1.68. The minimum Gasteiger partial charge on any atom is -0.381 e. The van der Waals surface area contributed by atoms with Crippen LogP contribution in [0.2, 0.25) is 0 Å². The summed E-state index contributed by atoms with van der Waals surface area (Å²) in [5.74, 6) is 0.251. The fourth-order valence-corrected chi connectivity index (χ4v) is 3.10. The maximum Gasteiger partial charge on any atom is 0.257 e. The molecule has 0 spiro atoms. The van der Waals surface area contributed by atoms with Gasteiger partial charge >= 0.3 is 0 Å². The quantitative estimate of drug-likeness (QED) is 0.912. The van der Waals surface area contributed by atoms with Crippen LogP contribution in [0, 0.1) is 0 Å². The fraction of sp³-hybridized carbons (Fsp3) is 0.500. The van der Waals surface area contributed by atoms with Crippen LogP contribution in [0.4, 0.5) is 0 Å². The van der Waals surface area contributed by atoms with E-state index in [4.69, 9.17) is 4.74 Å². The second kappa shape index (κ2) is 6.36. The van der Waals surface area contributed by atoms with Gasteiger partial charge in [0.2, 0.25) is 0 Å². The van der Waals surface area contributed by atoms with E-state index in [2.05, 4.69) is 15.2 Å². The fourth-order valence-electron chi connectivity index (χ4n) is 2.49. The number of hydrogen-bond donors (Lipinski definition) is 1. The zero-order valence-corrected chi connectivity index (χ0v) is 12.7. The van der Waals surface area contributed by atoms with Crippen LogP contribution < -0.4 is 0 Å². The van der Waals surface area contributed by atoms with Crippen molar-refractivity contribution < 1.29 is 9.53 Å². The van der Waals surface area contributed by atoms with Gasteiger partial charge in [0, 0.05) is 44.1 Å². The summed E-state index contributed by atoms with van der Waals surface area (Å²) in [6, 6.07) is 0. The number of amides is 1. The Balaban J connectivity index is 1.65. The van der Waals surface area contributed by atoms with Crippen molar-refractivity contribution in [2.45, 2.75) is 18.8 Å². The van der Waals surface area contributed by atoms with E-state index in [1.807, 2.05) is 12.4 Å². The topological polar surface area (TPSA) is 71.1 Å². The van der Waals surface area contributed by atoms with Crippen LogP contribution in [0.1, 0.15) is 33.4 Å². The number of carbonyl (C=O) groups is 1. The van der Waals surface area contributed by atoms with Crippen molar-refractivity contribution >= 4 is 17.2 Å². The highest BCUT2D eigenvalue weighted by atomic mass is 32.1. The number of aromatic nitrogens is 3. The molecule has 2 aromatic rings. The summed E-state index contributed by atoms with van der Waals surface area (Å²) in [6.07, 6.45) is 5.12. The van der Waals surface area contributed by atoms with Gasteiger partial charge in [-0.3, -0.25) is 9.89 Å². The number of H-pyrrole nitrogens is 1. The highest BCUT2D eigenvalue weighted by Crippen LogP contribution is 2.26. The summed E-state index contributed by atoms with van der Waals surface area (Å²) < 4.78 is 5.39. The molecule has 0 aromatic carbocycles. The van der Waals surface area contributed by atoms with Crippen molar-refractivity contribution in [3.8, 4) is 0 Å². The molecule has 0 saturated carbocycles. The maximum atomic E-state index is 12.6. The highest BCUT2D eigenvalue weighted by Gasteiger charge is 2.26. The van der Waals surface area contributed by atoms with Crippen LogP contribution in [-0.4, -0.2) is 52.8 Å². The third-order valence-electron chi connectivity index (χ3n) is 3.73. The molecule has 3 heterocycles. The molecule has 0 unspecified atom stereocenters. The van der Waals surface area contributed by atoms with Crippen molar-refractivity contribution in [2.75, 3.05) is 26.8 Å². The summed E-state index contributed by atoms with van der Waals surface area (Å²) >= 11 is 1.61. The van der Waals surface area contributed by atoms with E-state index < -0.39 is 0 Å². The molecule has 7 heteroatoms. The van der Waals surface area contributed by atoms with Gasteiger partial charge in [-0.05, 0) is 6.42 Å². The van der Waals surface area contributed by atoms with Gasteiger partial charge in [0.15, 0.2) is 0 Å². The first-order valence-electron chi connectivity index (χ1n) is 7.00. The van der Waals surface area contributed by atoms with E-state index in [0.29, 0.717) is 18.7 Å². The zero-order valence-electron chi connectivity index (χ0n) is 11.9. The number of carbonyl (C=O) groups excluding carboxylic acids is 1. The number of thiazole rings is 1. The average molecular weight is 306 g/mol. The van der Waals surface area contributed by atoms with Crippen molar-refractivity contribution in [1.82, 2.24) is 20.1 Å². The maximum absolute atomic E-state index is 12.6. The normalized spacial score (nSPS) is 18.0. The molecule has 1 saturated heterocycles. The first-order chi connectivity index (χ1) is 10.3. The Bertz CT molecular complexity index is 590. The molecule has 3 rings (SSSR count). The van der Waals surface area contributed by atoms with E-state index in [1.54, 1.807) is 28.6 Å². The second-order valence-electron chi connectivity index (χ2n) is 5.16. The van der Waals surface area contributed by atoms with E-state index in [1.165, 1.54) is 0 Å². The molecule has 0 radical (unpaired) electrons. The minimum absolute atomic E-state index is 0.00204. The van der Waals surface area contributed by atoms with E-state index in [9.17, 15) is 4.79 Å². The van der Waals surface area contributed by atoms with Crippen LogP contribution in [0.5, 0.6) is 0 Å². The molecule has 1 N–H and O–H groups in total. The number of rotatable bonds is 5. The summed E-state index contributed by atoms with van der Waals surface area (Å²) in [5, 5.41) is 10.0. The van der Waals surface area contributed by atoms with Gasteiger partial charge in [-0.15, -0.1) is 11.3 Å². The van der Waals surface area contributed by atoms with E-state index >= 15 is 0 Å². The Morgan fingerprint density at radius 2 is 2.52 bits per heavy atom. The first-order valence-corrected chi connectivity index (χ1v) is 7.88. The molecule has 2 aromatic heterocycles. The molecule has 6 nitrogen and oxygen atoms in total. The van der Waals surface area contributed by atoms with Gasteiger partial charge < -0.3 is 9.64 Å². The van der Waals surface area contributed by atoms with Crippen molar-refractivity contribution in [3.63, 3.8) is 0 Å². The summed E-state index contributed by atoms with van der Waals surface area (Å²) in [4.78, 5) is 18.5. The van der Waals surface area contributed by atoms with Gasteiger partial charge in [0.25, 0.3) is 5.91 Å². The molecule has 0 aliphatic carbocycles. The third kappa shape index (κ3) is 3.14. The van der Waals surface area contributed by atoms with Crippen LogP contribution in [0.15, 0.2) is 17.8 Å². The van der Waals surface area contributed by atoms with Gasteiger partial charge in [0.1, 0.15) is 0 Å². The molecule has 112 valence electrons. The van der Waals surface area contributed by atoms with Crippen LogP contribution in [0.25, 0.3) is 0 Å². The monoisotopic (exact) mass is 306 g/mol. The molecule has 1 atom stereocenters. The number of nitrogens with zero attached hydrogens (tertiary/aromatic N) is 3. The van der Waals surface area contributed by atoms with Gasteiger partial charge in [-0.1, -0.05) is 0 Å². The number of hydrogen-bond acceptors (Lipinski definition) is 5. The molecule has 21 heavy (non-hydrogen) atoms. The Kier molecular flexibility index (Phi) is 4.31. The molecule has 1 aliphatic rings. The molecule has 1 amide bonds. The Labute approximate surface area is 127 Å². The standard InChI is InChI=1S/C14H18N4O2S/c1-18(5-2-12-15-4-7-21-12)14(19)11-8-16-17-13(11)10-3-6-20-9-10/h4,7-8,10H,2-3,5-6,9H2,1H3,(H,16,17)/t10-/m1/s1. The SMILES string of the molecule is CN(CCc1nccs1)C(=O)c1cn[nH]c1[C@@H]1CCOC1. The lowest BCUT2D eigenvalue weighted by Crippen LogP contribution is -2.29. The van der Waals surface area contributed by atoms with Crippen molar-refractivity contribution in [1.29, 1.82) is 0 Å². The van der Waals surface area contributed by atoms with E-state index in [0.717, 1.165) is 30.2 Å². The number of likely N-dealkylation sites (N-methyl/N-ethyl adjacent to an activating group) is 1. The Morgan fingerprint density at radius 3 is 3.24 bits per heavy atom. The number of ether oxygens (including phenoxy) is 1. The van der Waals surface area contributed by atoms with Crippen LogP contribution in [0.3, 0.4) is 0 Å². The summed E-state index contributed by atoms with van der Waals surface area (Å²) in [6.45, 7) is 2.06. The smallest absolute Gasteiger partial charge is 0.257 e. The minimum atomic E-state index is 0.00204. The van der Waals surface area contributed by atoms with Crippen LogP contribution in [-0.2, 0) is 11.2 Å². The summed E-state index contributed by atoms with van der Waals surface area (Å²) in [5.41, 5.74) is 1.56. The van der Waals surface area contributed by atoms with Crippen molar-refractivity contribution in [2.24, 2.45) is 0 Å². The van der Waals surface area contributed by atoms with Crippen molar-refractivity contribution in [3.05, 3.63) is 34.0 Å². The molecule has 1 aliphatic heterocycles. The summed E-state index contributed by atoms with van der Waals surface area (Å²) in [7, 11) is 1.82. The largest absolute Gasteiger partial charge is 0.381 e. The van der Waals surface area contributed by atoms with E-state index in [-0.39, 0.29) is 11.8 Å². The highest BCUT2D eigenvalue weighted by molar-refractivity contribution is 7.09. The van der Waals surface area contributed by atoms with Gasteiger partial charge in [-0.25, -0.2) is 4.98 Å². The number of aromatic amines is 1. The van der Waals surface area contributed by atoms with Crippen LogP contribution >= 0.6 is 11.3 Å². The first kappa shape index (κ1) is 14.2. The molecule has 1 fully saturated rings. The molecular weight excluding hydrogens is 288 g/mol. The molecule has 0 bridgehead atoms. The average Bonchev–Trinajstić information content (AvgIpc) is 3.25. The Morgan fingerprint density at radius 1 is 1.62 bits per heavy atom. The lowest BCUT2D eigenvalue weighted by molar-refractivity contribution is 0.0795. The molecular formula is C14H18N4O2S. The second-order valence-corrected chi connectivity index (χ2v) is 6.14. The van der Waals surface area contributed by atoms with Gasteiger partial charge in [0.05, 0.1) is 29.1 Å². The number of nitrogens with one attached hydrogen (secondary N) is 1. The lowest BCUT2D eigenvalue weighted by Gasteiger charge is -2.17.